The van der Waals surface area contributed by atoms with Crippen molar-refractivity contribution in [3.05, 3.63) is 29.8 Å². The van der Waals surface area contributed by atoms with Gasteiger partial charge in [0.2, 0.25) is 0 Å². The highest BCUT2D eigenvalue weighted by atomic mass is 35.5. The largest absolute Gasteiger partial charge is 0.491 e. The lowest BCUT2D eigenvalue weighted by Crippen LogP contribution is -2.22. The van der Waals surface area contributed by atoms with Crippen molar-refractivity contribution in [3.8, 4) is 17.6 Å². The van der Waals surface area contributed by atoms with Crippen LogP contribution in [-0.2, 0) is 4.74 Å². The van der Waals surface area contributed by atoms with Crippen molar-refractivity contribution in [1.29, 1.82) is 0 Å². The standard InChI is InChI=1S/C15H19ClO2/c1-15(2,3)18-12-11-17-14-8-6-13(7-9-14)5-4-10-16/h6-9H,10-12H2,1-3H3. The summed E-state index contributed by atoms with van der Waals surface area (Å²) in [5.41, 5.74) is 0.818. The van der Waals surface area contributed by atoms with E-state index in [4.69, 9.17) is 21.1 Å². The predicted molar refractivity (Wildman–Crippen MR) is 75.2 cm³/mol. The zero-order valence-corrected chi connectivity index (χ0v) is 11.9. The van der Waals surface area contributed by atoms with Gasteiger partial charge in [-0.3, -0.25) is 0 Å². The van der Waals surface area contributed by atoms with Crippen molar-refractivity contribution in [1.82, 2.24) is 0 Å². The van der Waals surface area contributed by atoms with Gasteiger partial charge in [0.25, 0.3) is 0 Å². The molecular weight excluding hydrogens is 248 g/mol. The van der Waals surface area contributed by atoms with Gasteiger partial charge in [-0.1, -0.05) is 11.8 Å². The van der Waals surface area contributed by atoms with E-state index in [0.29, 0.717) is 19.1 Å². The molecule has 0 bridgehead atoms. The summed E-state index contributed by atoms with van der Waals surface area (Å²) < 4.78 is 11.1. The SMILES string of the molecule is CC(C)(C)OCCOc1ccc(C#CCCl)cc1. The molecule has 0 saturated carbocycles. The highest BCUT2D eigenvalue weighted by Gasteiger charge is 2.09. The van der Waals surface area contributed by atoms with Gasteiger partial charge < -0.3 is 9.47 Å². The minimum atomic E-state index is -0.121. The Kier molecular flexibility index (Phi) is 6.04. The number of hydrogen-bond donors (Lipinski definition) is 0. The number of halogens is 1. The molecule has 0 N–H and O–H groups in total. The summed E-state index contributed by atoms with van der Waals surface area (Å²) in [6.45, 7) is 7.20. The van der Waals surface area contributed by atoms with Gasteiger partial charge in [0.15, 0.2) is 0 Å². The van der Waals surface area contributed by atoms with E-state index in [1.807, 2.05) is 45.0 Å². The second kappa shape index (κ2) is 7.31. The normalized spacial score (nSPS) is 10.7. The molecule has 2 nitrogen and oxygen atoms in total. The molecule has 0 amide bonds. The first-order chi connectivity index (χ1) is 8.51. The lowest BCUT2D eigenvalue weighted by Gasteiger charge is -2.19. The topological polar surface area (TPSA) is 18.5 Å². The molecule has 0 unspecified atom stereocenters. The highest BCUT2D eigenvalue weighted by molar-refractivity contribution is 6.19. The van der Waals surface area contributed by atoms with Crippen LogP contribution >= 0.6 is 11.6 Å². The van der Waals surface area contributed by atoms with Crippen molar-refractivity contribution < 1.29 is 9.47 Å². The molecule has 0 atom stereocenters. The molecule has 1 aromatic carbocycles. The third-order valence-corrected chi connectivity index (χ3v) is 2.17. The van der Waals surface area contributed by atoms with Crippen LogP contribution in [0.3, 0.4) is 0 Å². The first-order valence-corrected chi connectivity index (χ1v) is 6.46. The van der Waals surface area contributed by atoms with E-state index >= 15 is 0 Å². The van der Waals surface area contributed by atoms with Gasteiger partial charge in [-0.2, -0.15) is 0 Å². The Hall–Kier alpha value is -1.17. The van der Waals surface area contributed by atoms with E-state index in [1.165, 1.54) is 0 Å². The second-order valence-corrected chi connectivity index (χ2v) is 5.04. The average molecular weight is 267 g/mol. The lowest BCUT2D eigenvalue weighted by molar-refractivity contribution is -0.0163. The molecule has 0 aliphatic carbocycles. The molecular formula is C15H19ClO2. The smallest absolute Gasteiger partial charge is 0.119 e. The molecule has 0 spiro atoms. The quantitative estimate of drug-likeness (QED) is 0.472. The van der Waals surface area contributed by atoms with Gasteiger partial charge in [-0.25, -0.2) is 0 Å². The van der Waals surface area contributed by atoms with Crippen LogP contribution in [0.2, 0.25) is 0 Å². The molecule has 3 heteroatoms. The van der Waals surface area contributed by atoms with Crippen molar-refractivity contribution in [2.75, 3.05) is 19.1 Å². The van der Waals surface area contributed by atoms with Crippen molar-refractivity contribution in [3.63, 3.8) is 0 Å². The molecule has 0 saturated heterocycles. The van der Waals surface area contributed by atoms with Crippen LogP contribution in [0.1, 0.15) is 26.3 Å². The molecule has 0 aliphatic rings. The second-order valence-electron chi connectivity index (χ2n) is 4.77. The molecule has 98 valence electrons. The van der Waals surface area contributed by atoms with Gasteiger partial charge in [0.05, 0.1) is 18.1 Å². The van der Waals surface area contributed by atoms with E-state index in [9.17, 15) is 0 Å². The Morgan fingerprint density at radius 3 is 2.33 bits per heavy atom. The number of rotatable bonds is 4. The molecule has 0 heterocycles. The summed E-state index contributed by atoms with van der Waals surface area (Å²) in [6.07, 6.45) is 0. The third kappa shape index (κ3) is 6.54. The van der Waals surface area contributed by atoms with Crippen molar-refractivity contribution in [2.24, 2.45) is 0 Å². The molecule has 0 radical (unpaired) electrons. The third-order valence-electron chi connectivity index (χ3n) is 2.04. The van der Waals surface area contributed by atoms with Crippen LogP contribution in [0, 0.1) is 11.8 Å². The first-order valence-electron chi connectivity index (χ1n) is 5.93. The predicted octanol–water partition coefficient (Wildman–Crippen LogP) is 3.47. The minimum Gasteiger partial charge on any atom is -0.491 e. The van der Waals surface area contributed by atoms with E-state index in [1.54, 1.807) is 0 Å². The Morgan fingerprint density at radius 2 is 1.78 bits per heavy atom. The van der Waals surface area contributed by atoms with Crippen LogP contribution in [0.15, 0.2) is 24.3 Å². The number of ether oxygens (including phenoxy) is 2. The molecule has 0 fully saturated rings. The highest BCUT2D eigenvalue weighted by Crippen LogP contribution is 2.12. The first kappa shape index (κ1) is 14.9. The summed E-state index contributed by atoms with van der Waals surface area (Å²) in [6, 6.07) is 7.63. The molecule has 1 aromatic rings. The Morgan fingerprint density at radius 1 is 1.11 bits per heavy atom. The van der Waals surface area contributed by atoms with Crippen LogP contribution in [0.25, 0.3) is 0 Å². The fourth-order valence-corrected chi connectivity index (χ4v) is 1.34. The molecule has 18 heavy (non-hydrogen) atoms. The van der Waals surface area contributed by atoms with Crippen molar-refractivity contribution >= 4 is 11.6 Å². The Labute approximate surface area is 114 Å². The zero-order valence-electron chi connectivity index (χ0n) is 11.1. The maximum absolute atomic E-state index is 5.57. The lowest BCUT2D eigenvalue weighted by atomic mass is 10.2. The minimum absolute atomic E-state index is 0.121. The van der Waals surface area contributed by atoms with Gasteiger partial charge in [0.1, 0.15) is 12.4 Å². The zero-order chi connectivity index (χ0) is 13.4. The average Bonchev–Trinajstić information content (AvgIpc) is 2.32. The fourth-order valence-electron chi connectivity index (χ4n) is 1.28. The Balaban J connectivity index is 2.35. The van der Waals surface area contributed by atoms with E-state index in [2.05, 4.69) is 11.8 Å². The fraction of sp³-hybridized carbons (Fsp3) is 0.467. The van der Waals surface area contributed by atoms with Gasteiger partial charge in [0, 0.05) is 5.56 Å². The summed E-state index contributed by atoms with van der Waals surface area (Å²) in [5.74, 6) is 6.93. The van der Waals surface area contributed by atoms with Crippen LogP contribution < -0.4 is 4.74 Å². The van der Waals surface area contributed by atoms with Crippen LogP contribution in [0.4, 0.5) is 0 Å². The molecule has 0 aliphatic heterocycles. The Bertz CT molecular complexity index is 407. The molecule has 1 rings (SSSR count). The monoisotopic (exact) mass is 266 g/mol. The van der Waals surface area contributed by atoms with Gasteiger partial charge >= 0.3 is 0 Å². The van der Waals surface area contributed by atoms with Gasteiger partial charge in [-0.05, 0) is 45.0 Å². The summed E-state index contributed by atoms with van der Waals surface area (Å²) in [5, 5.41) is 0. The van der Waals surface area contributed by atoms with E-state index in [0.717, 1.165) is 11.3 Å². The maximum Gasteiger partial charge on any atom is 0.119 e. The number of hydrogen-bond acceptors (Lipinski definition) is 2. The summed E-state index contributed by atoms with van der Waals surface area (Å²) in [4.78, 5) is 0. The van der Waals surface area contributed by atoms with E-state index < -0.39 is 0 Å². The maximum atomic E-state index is 5.57. The van der Waals surface area contributed by atoms with E-state index in [-0.39, 0.29) is 5.60 Å². The van der Waals surface area contributed by atoms with Crippen LogP contribution in [-0.4, -0.2) is 24.7 Å². The number of alkyl halides is 1. The van der Waals surface area contributed by atoms with Crippen LogP contribution in [0.5, 0.6) is 5.75 Å². The van der Waals surface area contributed by atoms with Crippen molar-refractivity contribution in [2.45, 2.75) is 26.4 Å². The summed E-state index contributed by atoms with van der Waals surface area (Å²) >= 11 is 5.49. The van der Waals surface area contributed by atoms with Gasteiger partial charge in [-0.15, -0.1) is 11.6 Å². The summed E-state index contributed by atoms with van der Waals surface area (Å²) in [7, 11) is 0. The number of benzene rings is 1. The molecule has 0 aromatic heterocycles.